The normalized spacial score (nSPS) is 13.0. The van der Waals surface area contributed by atoms with Gasteiger partial charge in [-0.3, -0.25) is 20.8 Å². The minimum atomic E-state index is -0.843. The van der Waals surface area contributed by atoms with Crippen molar-refractivity contribution in [3.05, 3.63) is 0 Å². The van der Waals surface area contributed by atoms with Crippen molar-refractivity contribution >= 4 is 6.16 Å². The summed E-state index contributed by atoms with van der Waals surface area (Å²) in [5.41, 5.74) is 0. The lowest BCUT2D eigenvalue weighted by Gasteiger charge is -2.18. The highest BCUT2D eigenvalue weighted by Gasteiger charge is 2.15. The summed E-state index contributed by atoms with van der Waals surface area (Å²) in [6.45, 7) is 3.20. The molecule has 0 saturated carbocycles. The van der Waals surface area contributed by atoms with Crippen molar-refractivity contribution in [1.29, 1.82) is 0 Å². The Morgan fingerprint density at radius 1 is 1.10 bits per heavy atom. The molecule has 21 heavy (non-hydrogen) atoms. The van der Waals surface area contributed by atoms with Crippen LogP contribution in [-0.4, -0.2) is 63.2 Å². The number of carbonyl (C=O) groups excluding carboxylic acids is 1. The molecule has 0 saturated heterocycles. The highest BCUT2D eigenvalue weighted by atomic mass is 17.1. The SMILES string of the molecule is CC(C)OC(=O)OCCCC[C@H](CON(O)O)ON(O)O. The third kappa shape index (κ3) is 13.7. The maximum atomic E-state index is 11.1. The molecule has 0 aromatic rings. The Morgan fingerprint density at radius 3 is 2.29 bits per heavy atom. The van der Waals surface area contributed by atoms with Crippen LogP contribution in [0.1, 0.15) is 33.1 Å². The van der Waals surface area contributed by atoms with E-state index in [2.05, 4.69) is 9.68 Å². The molecular formula is C10H22N2O9. The van der Waals surface area contributed by atoms with Gasteiger partial charge in [0.2, 0.25) is 0 Å². The molecule has 0 heterocycles. The van der Waals surface area contributed by atoms with Gasteiger partial charge < -0.3 is 9.47 Å². The van der Waals surface area contributed by atoms with Crippen LogP contribution in [0.4, 0.5) is 4.79 Å². The van der Waals surface area contributed by atoms with Crippen molar-refractivity contribution in [3.63, 3.8) is 0 Å². The maximum absolute atomic E-state index is 11.1. The zero-order chi connectivity index (χ0) is 16.3. The molecule has 0 aromatic carbocycles. The van der Waals surface area contributed by atoms with Gasteiger partial charge in [0.1, 0.15) is 12.7 Å². The fraction of sp³-hybridized carbons (Fsp3) is 0.900. The van der Waals surface area contributed by atoms with E-state index in [-0.39, 0.29) is 25.7 Å². The Bertz CT molecular complexity index is 275. The molecule has 0 aromatic heterocycles. The summed E-state index contributed by atoms with van der Waals surface area (Å²) < 4.78 is 9.54. The van der Waals surface area contributed by atoms with E-state index >= 15 is 0 Å². The number of hydrogen-bond acceptors (Lipinski definition) is 11. The Kier molecular flexibility index (Phi) is 11.0. The summed E-state index contributed by atoms with van der Waals surface area (Å²) in [7, 11) is 0. The lowest BCUT2D eigenvalue weighted by atomic mass is 10.2. The first-order valence-corrected chi connectivity index (χ1v) is 6.30. The third-order valence-electron chi connectivity index (χ3n) is 2.09. The molecule has 11 nitrogen and oxygen atoms in total. The highest BCUT2D eigenvalue weighted by Crippen LogP contribution is 2.08. The summed E-state index contributed by atoms with van der Waals surface area (Å²) in [6.07, 6.45) is -0.598. The summed E-state index contributed by atoms with van der Waals surface area (Å²) in [6, 6.07) is 0. The van der Waals surface area contributed by atoms with Crippen LogP contribution in [0.25, 0.3) is 0 Å². The molecular weight excluding hydrogens is 292 g/mol. The van der Waals surface area contributed by atoms with Crippen LogP contribution in [-0.2, 0) is 19.1 Å². The first-order chi connectivity index (χ1) is 9.81. The van der Waals surface area contributed by atoms with Crippen LogP contribution in [0.3, 0.4) is 0 Å². The van der Waals surface area contributed by atoms with Gasteiger partial charge in [-0.2, -0.15) is 0 Å². The summed E-state index contributed by atoms with van der Waals surface area (Å²) in [4.78, 5) is 19.9. The maximum Gasteiger partial charge on any atom is 0.508 e. The molecule has 126 valence electrons. The molecule has 0 aliphatic carbocycles. The predicted octanol–water partition coefficient (Wildman–Crippen LogP) is 1.11. The molecule has 4 N–H and O–H groups in total. The molecule has 0 rings (SSSR count). The molecule has 0 aliphatic rings. The van der Waals surface area contributed by atoms with Crippen molar-refractivity contribution in [2.24, 2.45) is 0 Å². The molecule has 0 unspecified atom stereocenters. The van der Waals surface area contributed by atoms with Crippen molar-refractivity contribution in [2.45, 2.75) is 45.3 Å². The van der Waals surface area contributed by atoms with Gasteiger partial charge in [-0.25, -0.2) is 14.5 Å². The van der Waals surface area contributed by atoms with Crippen molar-refractivity contribution in [2.75, 3.05) is 13.2 Å². The minimum Gasteiger partial charge on any atom is -0.434 e. The first kappa shape index (κ1) is 19.9. The Hall–Kier alpha value is -1.05. The number of ether oxygens (including phenoxy) is 2. The molecule has 0 aliphatic heterocycles. The smallest absolute Gasteiger partial charge is 0.434 e. The van der Waals surface area contributed by atoms with Crippen molar-refractivity contribution in [1.82, 2.24) is 10.8 Å². The molecule has 0 spiro atoms. The molecule has 0 fully saturated rings. The number of unbranched alkanes of at least 4 members (excludes halogenated alkanes) is 1. The molecule has 11 heteroatoms. The third-order valence-corrected chi connectivity index (χ3v) is 2.09. The van der Waals surface area contributed by atoms with Crippen LogP contribution >= 0.6 is 0 Å². The Balaban J connectivity index is 3.78. The second-order valence-corrected chi connectivity index (χ2v) is 4.29. The van der Waals surface area contributed by atoms with E-state index in [4.69, 9.17) is 30.3 Å². The van der Waals surface area contributed by atoms with E-state index < -0.39 is 23.0 Å². The van der Waals surface area contributed by atoms with E-state index in [0.29, 0.717) is 12.8 Å². The summed E-state index contributed by atoms with van der Waals surface area (Å²) >= 11 is 0. The van der Waals surface area contributed by atoms with Gasteiger partial charge in [0.05, 0.1) is 23.5 Å². The zero-order valence-electron chi connectivity index (χ0n) is 11.9. The lowest BCUT2D eigenvalue weighted by Crippen LogP contribution is -2.31. The van der Waals surface area contributed by atoms with Gasteiger partial charge in [0, 0.05) is 0 Å². The van der Waals surface area contributed by atoms with Crippen LogP contribution < -0.4 is 0 Å². The van der Waals surface area contributed by atoms with Gasteiger partial charge in [0.25, 0.3) is 0 Å². The average molecular weight is 314 g/mol. The van der Waals surface area contributed by atoms with Gasteiger partial charge in [-0.15, -0.1) is 0 Å². The van der Waals surface area contributed by atoms with E-state index in [0.717, 1.165) is 0 Å². The fourth-order valence-electron chi connectivity index (χ4n) is 1.31. The lowest BCUT2D eigenvalue weighted by molar-refractivity contribution is -0.527. The summed E-state index contributed by atoms with van der Waals surface area (Å²) in [5.74, 6) is 0. The van der Waals surface area contributed by atoms with Crippen LogP contribution in [0.15, 0.2) is 0 Å². The monoisotopic (exact) mass is 314 g/mol. The first-order valence-electron chi connectivity index (χ1n) is 6.30. The number of rotatable bonds is 11. The quantitative estimate of drug-likeness (QED) is 0.247. The zero-order valence-corrected chi connectivity index (χ0v) is 11.9. The van der Waals surface area contributed by atoms with Crippen LogP contribution in [0.2, 0.25) is 0 Å². The number of hydrogen-bond donors (Lipinski definition) is 4. The number of carbonyl (C=O) groups is 1. The van der Waals surface area contributed by atoms with Crippen molar-refractivity contribution in [3.8, 4) is 0 Å². The van der Waals surface area contributed by atoms with Crippen LogP contribution in [0, 0.1) is 0 Å². The molecule has 0 bridgehead atoms. The second-order valence-electron chi connectivity index (χ2n) is 4.29. The topological polar surface area (TPSA) is 141 Å². The van der Waals surface area contributed by atoms with Crippen LogP contribution in [0.5, 0.6) is 0 Å². The fourth-order valence-corrected chi connectivity index (χ4v) is 1.31. The van der Waals surface area contributed by atoms with E-state index in [1.165, 1.54) is 0 Å². The largest absolute Gasteiger partial charge is 0.508 e. The molecule has 0 amide bonds. The molecule has 0 radical (unpaired) electrons. The predicted molar refractivity (Wildman–Crippen MR) is 63.1 cm³/mol. The number of nitrogens with zero attached hydrogens (tertiary/aromatic N) is 2. The van der Waals surface area contributed by atoms with Crippen molar-refractivity contribution < 1.29 is 44.8 Å². The van der Waals surface area contributed by atoms with E-state index in [1.807, 2.05) is 0 Å². The average Bonchev–Trinajstić information content (AvgIpc) is 2.33. The van der Waals surface area contributed by atoms with Gasteiger partial charge in [0.15, 0.2) is 0 Å². The second kappa shape index (κ2) is 11.6. The summed E-state index contributed by atoms with van der Waals surface area (Å²) in [5, 5.41) is 32.8. The standard InChI is InChI=1S/C10H22N2O9/c1-8(2)20-10(13)18-6-4-3-5-9(21-12(16)17)7-19-11(14)15/h8-9,14-17H,3-7H2,1-2H3/t9-/m1/s1. The van der Waals surface area contributed by atoms with Gasteiger partial charge >= 0.3 is 6.16 Å². The van der Waals surface area contributed by atoms with Gasteiger partial charge in [-0.05, 0) is 33.1 Å². The minimum absolute atomic E-state index is 0.132. The van der Waals surface area contributed by atoms with E-state index in [9.17, 15) is 4.79 Å². The van der Waals surface area contributed by atoms with Gasteiger partial charge in [-0.1, -0.05) is 0 Å². The Morgan fingerprint density at radius 2 is 1.76 bits per heavy atom. The highest BCUT2D eigenvalue weighted by molar-refractivity contribution is 5.59. The molecule has 1 atom stereocenters. The Labute approximate surface area is 121 Å². The van der Waals surface area contributed by atoms with E-state index in [1.54, 1.807) is 13.8 Å².